The van der Waals surface area contributed by atoms with Crippen molar-refractivity contribution >= 4 is 5.78 Å². The van der Waals surface area contributed by atoms with Crippen molar-refractivity contribution in [2.24, 2.45) is 0 Å². The number of ketones is 1. The molecule has 0 aliphatic heterocycles. The van der Waals surface area contributed by atoms with Crippen molar-refractivity contribution in [1.82, 2.24) is 0 Å². The Morgan fingerprint density at radius 2 is 2.00 bits per heavy atom. The minimum atomic E-state index is -0.789. The summed E-state index contributed by atoms with van der Waals surface area (Å²) in [7, 11) is 1.58. The maximum absolute atomic E-state index is 11.9. The Hall–Kier alpha value is -1.19. The highest BCUT2D eigenvalue weighted by Gasteiger charge is 2.47. The predicted molar refractivity (Wildman–Crippen MR) is 69.4 cm³/mol. The zero-order valence-electron chi connectivity index (χ0n) is 11.2. The Morgan fingerprint density at radius 3 is 2.61 bits per heavy atom. The Labute approximate surface area is 108 Å². The molecule has 1 aliphatic carbocycles. The first kappa shape index (κ1) is 13.2. The molecule has 1 fully saturated rings. The van der Waals surface area contributed by atoms with E-state index in [9.17, 15) is 4.79 Å². The number of carbonyl (C=O) groups is 1. The molecule has 1 aromatic rings. The number of rotatable bonds is 4. The summed E-state index contributed by atoms with van der Waals surface area (Å²) in [4.78, 5) is 11.9. The van der Waals surface area contributed by atoms with Crippen LogP contribution in [0.2, 0.25) is 0 Å². The molecule has 3 nitrogen and oxygen atoms in total. The summed E-state index contributed by atoms with van der Waals surface area (Å²) in [5, 5.41) is 0. The Balaban J connectivity index is 2.08. The quantitative estimate of drug-likeness (QED) is 0.822. The molecule has 0 radical (unpaired) electrons. The second-order valence-electron chi connectivity index (χ2n) is 4.95. The van der Waals surface area contributed by atoms with Gasteiger partial charge in [0.05, 0.1) is 12.2 Å². The first-order chi connectivity index (χ1) is 8.58. The Morgan fingerprint density at radius 1 is 1.33 bits per heavy atom. The summed E-state index contributed by atoms with van der Waals surface area (Å²) >= 11 is 0. The summed E-state index contributed by atoms with van der Waals surface area (Å²) in [6, 6.07) is 10.0. The predicted octanol–water partition coefficient (Wildman–Crippen LogP) is 2.90. The van der Waals surface area contributed by atoms with E-state index in [4.69, 9.17) is 9.47 Å². The van der Waals surface area contributed by atoms with E-state index in [0.29, 0.717) is 6.42 Å². The third kappa shape index (κ3) is 2.33. The summed E-state index contributed by atoms with van der Waals surface area (Å²) < 4.78 is 11.4. The van der Waals surface area contributed by atoms with Crippen LogP contribution in [0.15, 0.2) is 30.3 Å². The molecule has 0 heterocycles. The van der Waals surface area contributed by atoms with Gasteiger partial charge in [0.1, 0.15) is 5.60 Å². The molecule has 0 spiro atoms. The van der Waals surface area contributed by atoms with Gasteiger partial charge in [0.15, 0.2) is 5.78 Å². The standard InChI is InChI=1S/C15H20O3/c1-11(12-7-5-4-6-8-12)18-14-10-9-13(16)15(14,2)17-3/h4-8,11,14H,9-10H2,1-3H3/t11-,14+,15+/m1/s1. The van der Waals surface area contributed by atoms with Crippen molar-refractivity contribution in [3.63, 3.8) is 0 Å². The van der Waals surface area contributed by atoms with Gasteiger partial charge in [-0.3, -0.25) is 4.79 Å². The summed E-state index contributed by atoms with van der Waals surface area (Å²) in [5.74, 6) is 0.135. The summed E-state index contributed by atoms with van der Waals surface area (Å²) in [5.41, 5.74) is 0.332. The number of benzene rings is 1. The fourth-order valence-electron chi connectivity index (χ4n) is 2.46. The van der Waals surface area contributed by atoms with E-state index in [1.165, 1.54) is 0 Å². The molecule has 0 unspecified atom stereocenters. The van der Waals surface area contributed by atoms with Crippen LogP contribution in [0, 0.1) is 0 Å². The lowest BCUT2D eigenvalue weighted by Gasteiger charge is -2.30. The van der Waals surface area contributed by atoms with Gasteiger partial charge in [-0.2, -0.15) is 0 Å². The lowest BCUT2D eigenvalue weighted by molar-refractivity contribution is -0.154. The van der Waals surface area contributed by atoms with E-state index in [1.54, 1.807) is 7.11 Å². The molecular formula is C15H20O3. The zero-order chi connectivity index (χ0) is 13.2. The second-order valence-corrected chi connectivity index (χ2v) is 4.95. The van der Waals surface area contributed by atoms with Gasteiger partial charge < -0.3 is 9.47 Å². The topological polar surface area (TPSA) is 35.5 Å². The molecule has 0 bridgehead atoms. The first-order valence-corrected chi connectivity index (χ1v) is 6.37. The monoisotopic (exact) mass is 248 g/mol. The normalized spacial score (nSPS) is 29.5. The van der Waals surface area contributed by atoms with E-state index in [1.807, 2.05) is 44.2 Å². The van der Waals surface area contributed by atoms with Gasteiger partial charge in [0.25, 0.3) is 0 Å². The average molecular weight is 248 g/mol. The van der Waals surface area contributed by atoms with Crippen molar-refractivity contribution in [2.45, 2.75) is 44.5 Å². The van der Waals surface area contributed by atoms with E-state index >= 15 is 0 Å². The van der Waals surface area contributed by atoms with Crippen LogP contribution < -0.4 is 0 Å². The summed E-state index contributed by atoms with van der Waals surface area (Å²) in [6.07, 6.45) is 1.08. The number of ether oxygens (including phenoxy) is 2. The van der Waals surface area contributed by atoms with Crippen LogP contribution in [0.5, 0.6) is 0 Å². The lowest BCUT2D eigenvalue weighted by atomic mass is 10.0. The molecule has 1 aliphatic rings. The van der Waals surface area contributed by atoms with Crippen molar-refractivity contribution in [3.8, 4) is 0 Å². The average Bonchev–Trinajstić information content (AvgIpc) is 2.68. The largest absolute Gasteiger partial charge is 0.368 e. The van der Waals surface area contributed by atoms with Crippen LogP contribution in [0.1, 0.15) is 38.4 Å². The number of carbonyl (C=O) groups excluding carboxylic acids is 1. The van der Waals surface area contributed by atoms with Gasteiger partial charge in [0, 0.05) is 13.5 Å². The highest BCUT2D eigenvalue weighted by Crippen LogP contribution is 2.35. The molecule has 1 aromatic carbocycles. The van der Waals surface area contributed by atoms with Gasteiger partial charge in [-0.25, -0.2) is 0 Å². The minimum Gasteiger partial charge on any atom is -0.368 e. The van der Waals surface area contributed by atoms with Crippen LogP contribution in [0.3, 0.4) is 0 Å². The molecule has 98 valence electrons. The van der Waals surface area contributed by atoms with E-state index in [0.717, 1.165) is 12.0 Å². The summed E-state index contributed by atoms with van der Waals surface area (Å²) in [6.45, 7) is 3.83. The smallest absolute Gasteiger partial charge is 0.167 e. The maximum atomic E-state index is 11.9. The van der Waals surface area contributed by atoms with Gasteiger partial charge in [0.2, 0.25) is 0 Å². The van der Waals surface area contributed by atoms with Crippen molar-refractivity contribution in [1.29, 1.82) is 0 Å². The fourth-order valence-corrected chi connectivity index (χ4v) is 2.46. The molecule has 0 amide bonds. The van der Waals surface area contributed by atoms with Crippen LogP contribution >= 0.6 is 0 Å². The highest BCUT2D eigenvalue weighted by atomic mass is 16.6. The molecule has 3 atom stereocenters. The van der Waals surface area contributed by atoms with Crippen molar-refractivity contribution in [3.05, 3.63) is 35.9 Å². The van der Waals surface area contributed by atoms with Crippen molar-refractivity contribution in [2.75, 3.05) is 7.11 Å². The van der Waals surface area contributed by atoms with E-state index in [2.05, 4.69) is 0 Å². The number of methoxy groups -OCH3 is 1. The van der Waals surface area contributed by atoms with Gasteiger partial charge in [-0.15, -0.1) is 0 Å². The number of Topliss-reactive ketones (excluding diaryl/α,β-unsaturated/α-hetero) is 1. The highest BCUT2D eigenvalue weighted by molar-refractivity contribution is 5.90. The Kier molecular flexibility index (Phi) is 3.83. The molecule has 0 N–H and O–H groups in total. The molecule has 3 heteroatoms. The molecule has 0 saturated heterocycles. The van der Waals surface area contributed by atoms with Crippen LogP contribution in [-0.4, -0.2) is 24.6 Å². The van der Waals surface area contributed by atoms with Gasteiger partial charge >= 0.3 is 0 Å². The van der Waals surface area contributed by atoms with Crippen LogP contribution in [0.25, 0.3) is 0 Å². The minimum absolute atomic E-state index is 0.0309. The SMILES string of the molecule is CO[C@@]1(C)C(=O)CC[C@@H]1O[C@H](C)c1ccccc1. The Bertz CT molecular complexity index is 415. The number of hydrogen-bond donors (Lipinski definition) is 0. The van der Waals surface area contributed by atoms with E-state index in [-0.39, 0.29) is 18.0 Å². The third-order valence-corrected chi connectivity index (χ3v) is 3.86. The molecule has 1 saturated carbocycles. The second kappa shape index (κ2) is 5.21. The van der Waals surface area contributed by atoms with Crippen molar-refractivity contribution < 1.29 is 14.3 Å². The molecule has 0 aromatic heterocycles. The third-order valence-electron chi connectivity index (χ3n) is 3.86. The van der Waals surface area contributed by atoms with Gasteiger partial charge in [-0.05, 0) is 25.8 Å². The van der Waals surface area contributed by atoms with Crippen LogP contribution in [0.4, 0.5) is 0 Å². The van der Waals surface area contributed by atoms with Crippen LogP contribution in [-0.2, 0) is 14.3 Å². The molecule has 18 heavy (non-hydrogen) atoms. The zero-order valence-corrected chi connectivity index (χ0v) is 11.2. The maximum Gasteiger partial charge on any atom is 0.167 e. The van der Waals surface area contributed by atoms with E-state index < -0.39 is 5.60 Å². The fraction of sp³-hybridized carbons (Fsp3) is 0.533. The number of hydrogen-bond acceptors (Lipinski definition) is 3. The lowest BCUT2D eigenvalue weighted by Crippen LogP contribution is -2.44. The first-order valence-electron chi connectivity index (χ1n) is 6.37. The molecule has 2 rings (SSSR count). The molecular weight excluding hydrogens is 228 g/mol. The van der Waals surface area contributed by atoms with Gasteiger partial charge in [-0.1, -0.05) is 30.3 Å².